The third-order valence-corrected chi connectivity index (χ3v) is 5.64. The molecule has 2 amide bonds. The summed E-state index contributed by atoms with van der Waals surface area (Å²) in [6.45, 7) is 0.453. The first kappa shape index (κ1) is 19.5. The van der Waals surface area contributed by atoms with Crippen molar-refractivity contribution in [3.63, 3.8) is 0 Å². The maximum absolute atomic E-state index is 12.5. The van der Waals surface area contributed by atoms with Crippen molar-refractivity contribution in [1.82, 2.24) is 9.47 Å². The summed E-state index contributed by atoms with van der Waals surface area (Å²) in [6, 6.07) is 14.1. The molecule has 0 aliphatic carbocycles. The molecule has 4 rings (SSSR count). The predicted molar refractivity (Wildman–Crippen MR) is 116 cm³/mol. The maximum Gasteiger partial charge on any atom is 0.294 e. The van der Waals surface area contributed by atoms with Crippen LogP contribution in [0.2, 0.25) is 0 Å². The van der Waals surface area contributed by atoms with Crippen LogP contribution in [0.3, 0.4) is 0 Å². The van der Waals surface area contributed by atoms with E-state index in [9.17, 15) is 19.7 Å². The first-order valence-corrected chi connectivity index (χ1v) is 9.79. The number of hydrogen-bond donors (Lipinski definition) is 0. The van der Waals surface area contributed by atoms with Crippen molar-refractivity contribution < 1.29 is 14.5 Å². The first-order chi connectivity index (χ1) is 14.5. The van der Waals surface area contributed by atoms with E-state index in [1.54, 1.807) is 18.2 Å². The Kier molecular flexibility index (Phi) is 5.12. The van der Waals surface area contributed by atoms with E-state index in [0.29, 0.717) is 11.4 Å². The average molecular weight is 417 g/mol. The molecule has 0 spiro atoms. The summed E-state index contributed by atoms with van der Waals surface area (Å²) in [4.78, 5) is 36.3. The molecule has 8 heteroatoms. The molecule has 1 aromatic heterocycles. The number of thioether (sulfide) groups is 1. The Morgan fingerprint density at radius 2 is 1.87 bits per heavy atom. The van der Waals surface area contributed by atoms with Crippen LogP contribution in [0.5, 0.6) is 0 Å². The Labute approximate surface area is 176 Å². The van der Waals surface area contributed by atoms with Gasteiger partial charge in [-0.2, -0.15) is 0 Å². The van der Waals surface area contributed by atoms with Gasteiger partial charge < -0.3 is 4.57 Å². The zero-order valence-corrected chi connectivity index (χ0v) is 16.5. The van der Waals surface area contributed by atoms with E-state index in [4.69, 9.17) is 6.42 Å². The summed E-state index contributed by atoms with van der Waals surface area (Å²) in [7, 11) is 0. The Hall–Kier alpha value is -3.83. The number of hydrogen-bond acceptors (Lipinski definition) is 5. The molecule has 0 bridgehead atoms. The zero-order valence-electron chi connectivity index (χ0n) is 15.6. The van der Waals surface area contributed by atoms with E-state index in [1.165, 1.54) is 12.1 Å². The normalized spacial score (nSPS) is 15.2. The van der Waals surface area contributed by atoms with Crippen molar-refractivity contribution in [1.29, 1.82) is 0 Å². The molecular weight excluding hydrogens is 402 g/mol. The van der Waals surface area contributed by atoms with Gasteiger partial charge in [0, 0.05) is 41.3 Å². The molecule has 2 aromatic carbocycles. The number of para-hydroxylation sites is 1. The summed E-state index contributed by atoms with van der Waals surface area (Å²) in [5.41, 5.74) is 2.70. The number of carbonyl (C=O) groups excluding carboxylic acids is 2. The van der Waals surface area contributed by atoms with Crippen LogP contribution in [-0.2, 0) is 11.3 Å². The summed E-state index contributed by atoms with van der Waals surface area (Å²) in [5.74, 6) is 1.93. The van der Waals surface area contributed by atoms with Crippen molar-refractivity contribution in [3.05, 3.63) is 80.9 Å². The number of carbonyl (C=O) groups is 2. The Bertz CT molecular complexity index is 1250. The molecule has 30 heavy (non-hydrogen) atoms. The largest absolute Gasteiger partial charge is 0.342 e. The first-order valence-electron chi connectivity index (χ1n) is 8.98. The van der Waals surface area contributed by atoms with Crippen molar-refractivity contribution in [2.24, 2.45) is 0 Å². The van der Waals surface area contributed by atoms with Crippen molar-refractivity contribution >= 4 is 45.6 Å². The second kappa shape index (κ2) is 7.89. The summed E-state index contributed by atoms with van der Waals surface area (Å²) < 4.78 is 2.01. The van der Waals surface area contributed by atoms with E-state index < -0.39 is 10.8 Å². The van der Waals surface area contributed by atoms with Gasteiger partial charge in [-0.3, -0.25) is 24.6 Å². The molecule has 148 valence electrons. The standard InChI is InChI=1S/C22H15N3O4S/c1-2-11-24-21(26)20(30-22(24)27)12-16-14-23(19-6-4-3-5-18(16)19)13-15-7-9-17(10-8-15)25(28)29/h1,3-10,12,14H,11,13H2/b20-12-. The molecule has 0 radical (unpaired) electrons. The molecule has 3 aromatic rings. The van der Waals surface area contributed by atoms with E-state index in [2.05, 4.69) is 5.92 Å². The zero-order chi connectivity index (χ0) is 21.3. The average Bonchev–Trinajstić information content (AvgIpc) is 3.21. The van der Waals surface area contributed by atoms with Crippen LogP contribution in [0.1, 0.15) is 11.1 Å². The molecule has 0 atom stereocenters. The number of nitro benzene ring substituents is 1. The van der Waals surface area contributed by atoms with Crippen LogP contribution >= 0.6 is 11.8 Å². The third-order valence-electron chi connectivity index (χ3n) is 4.73. The lowest BCUT2D eigenvalue weighted by Crippen LogP contribution is -2.28. The number of non-ortho nitro benzene ring substituents is 1. The number of terminal acetylenes is 1. The highest BCUT2D eigenvalue weighted by atomic mass is 32.2. The van der Waals surface area contributed by atoms with E-state index >= 15 is 0 Å². The molecule has 2 heterocycles. The van der Waals surface area contributed by atoms with Crippen molar-refractivity contribution in [2.45, 2.75) is 6.54 Å². The van der Waals surface area contributed by atoms with Crippen LogP contribution in [-0.4, -0.2) is 32.1 Å². The summed E-state index contributed by atoms with van der Waals surface area (Å²) >= 11 is 0.873. The van der Waals surface area contributed by atoms with Crippen LogP contribution in [0, 0.1) is 22.5 Å². The van der Waals surface area contributed by atoms with Crippen LogP contribution in [0.25, 0.3) is 17.0 Å². The highest BCUT2D eigenvalue weighted by molar-refractivity contribution is 8.18. The number of benzene rings is 2. The maximum atomic E-state index is 12.5. The van der Waals surface area contributed by atoms with E-state index in [0.717, 1.165) is 38.7 Å². The number of rotatable bonds is 5. The minimum atomic E-state index is -0.430. The number of nitrogens with zero attached hydrogens (tertiary/aromatic N) is 3. The fraction of sp³-hybridized carbons (Fsp3) is 0.0909. The summed E-state index contributed by atoms with van der Waals surface area (Å²) in [6.07, 6.45) is 8.85. The molecule has 0 N–H and O–H groups in total. The van der Waals surface area contributed by atoms with Gasteiger partial charge >= 0.3 is 0 Å². The predicted octanol–water partition coefficient (Wildman–Crippen LogP) is 4.27. The SMILES string of the molecule is C#CCN1C(=O)S/C(=C\c2cn(Cc3ccc([N+](=O)[O-])cc3)c3ccccc23)C1=O. The van der Waals surface area contributed by atoms with E-state index in [1.807, 2.05) is 35.0 Å². The van der Waals surface area contributed by atoms with Gasteiger partial charge in [0.2, 0.25) is 0 Å². The molecule has 7 nitrogen and oxygen atoms in total. The fourth-order valence-corrected chi connectivity index (χ4v) is 4.14. The summed E-state index contributed by atoms with van der Waals surface area (Å²) in [5, 5.41) is 11.4. The second-order valence-corrected chi connectivity index (χ2v) is 7.62. The molecule has 0 unspecified atom stereocenters. The van der Waals surface area contributed by atoms with Gasteiger partial charge in [0.15, 0.2) is 0 Å². The minimum Gasteiger partial charge on any atom is -0.342 e. The second-order valence-electron chi connectivity index (χ2n) is 6.63. The number of fused-ring (bicyclic) bond motifs is 1. The number of imide groups is 1. The van der Waals surface area contributed by atoms with E-state index in [-0.39, 0.29) is 17.5 Å². The Morgan fingerprint density at radius 3 is 2.57 bits per heavy atom. The van der Waals surface area contributed by atoms with Crippen molar-refractivity contribution in [2.75, 3.05) is 6.54 Å². The lowest BCUT2D eigenvalue weighted by Gasteiger charge is -2.06. The van der Waals surface area contributed by atoms with Crippen LogP contribution in [0.4, 0.5) is 10.5 Å². The fourth-order valence-electron chi connectivity index (χ4n) is 3.31. The lowest BCUT2D eigenvalue weighted by molar-refractivity contribution is -0.384. The van der Waals surface area contributed by atoms with Gasteiger partial charge in [0.25, 0.3) is 16.8 Å². The third kappa shape index (κ3) is 3.58. The quantitative estimate of drug-likeness (QED) is 0.268. The van der Waals surface area contributed by atoms with Crippen LogP contribution in [0.15, 0.2) is 59.6 Å². The monoisotopic (exact) mass is 417 g/mol. The molecule has 1 fully saturated rings. The van der Waals surface area contributed by atoms with Gasteiger partial charge in [0.05, 0.1) is 16.4 Å². The molecule has 0 saturated carbocycles. The molecule has 1 aliphatic rings. The van der Waals surface area contributed by atoms with Gasteiger partial charge in [-0.05, 0) is 29.5 Å². The highest BCUT2D eigenvalue weighted by Crippen LogP contribution is 2.34. The van der Waals surface area contributed by atoms with Gasteiger partial charge in [0.1, 0.15) is 0 Å². The molecular formula is C22H15N3O4S. The number of aromatic nitrogens is 1. The van der Waals surface area contributed by atoms with Crippen molar-refractivity contribution in [3.8, 4) is 12.3 Å². The number of nitro groups is 1. The van der Waals surface area contributed by atoms with Crippen LogP contribution < -0.4 is 0 Å². The smallest absolute Gasteiger partial charge is 0.294 e. The minimum absolute atomic E-state index is 0.0412. The Morgan fingerprint density at radius 1 is 1.13 bits per heavy atom. The van der Waals surface area contributed by atoms with Gasteiger partial charge in [-0.1, -0.05) is 36.3 Å². The molecule has 1 aliphatic heterocycles. The Balaban J connectivity index is 1.69. The topological polar surface area (TPSA) is 85.4 Å². The van der Waals surface area contributed by atoms with Gasteiger partial charge in [-0.25, -0.2) is 0 Å². The van der Waals surface area contributed by atoms with Gasteiger partial charge in [-0.15, -0.1) is 6.42 Å². The number of amides is 2. The lowest BCUT2D eigenvalue weighted by atomic mass is 10.1. The highest BCUT2D eigenvalue weighted by Gasteiger charge is 2.34. The molecule has 1 saturated heterocycles.